The molecule has 2 aromatic rings. The van der Waals surface area contributed by atoms with Crippen LogP contribution in [0.25, 0.3) is 11.0 Å². The topological polar surface area (TPSA) is 100 Å². The maximum atomic E-state index is 12.0. The molecule has 0 spiro atoms. The van der Waals surface area contributed by atoms with Crippen molar-refractivity contribution in [1.82, 2.24) is 14.5 Å². The molecule has 1 aliphatic rings. The Morgan fingerprint density at radius 2 is 2.04 bits per heavy atom. The lowest BCUT2D eigenvalue weighted by Crippen LogP contribution is -2.29. The van der Waals surface area contributed by atoms with Crippen molar-refractivity contribution in [2.24, 2.45) is 0 Å². The summed E-state index contributed by atoms with van der Waals surface area (Å²) in [6.07, 6.45) is 5.35. The van der Waals surface area contributed by atoms with Crippen LogP contribution in [0.5, 0.6) is 0 Å². The molecule has 1 fully saturated rings. The van der Waals surface area contributed by atoms with Gasteiger partial charge in [0.15, 0.2) is 0 Å². The second-order valence-electron chi connectivity index (χ2n) is 6.02. The lowest BCUT2D eigenvalue weighted by Gasteiger charge is -2.26. The van der Waals surface area contributed by atoms with E-state index in [2.05, 4.69) is 15.3 Å². The molecular weight excluding hydrogens is 296 g/mol. The van der Waals surface area contributed by atoms with Crippen LogP contribution in [-0.4, -0.2) is 43.5 Å². The SMILES string of the molecule is O=c1ccc2cnc(N[C@H]3CC[C@H](O)CC3)nc2n1CCCO. The minimum absolute atomic E-state index is 0.0312. The number of hydrogen-bond acceptors (Lipinski definition) is 6. The number of anilines is 1. The first-order valence-electron chi connectivity index (χ1n) is 8.09. The number of aliphatic hydroxyl groups excluding tert-OH is 2. The van der Waals surface area contributed by atoms with Crippen LogP contribution in [0.4, 0.5) is 5.95 Å². The number of aryl methyl sites for hydroxylation is 1. The molecular formula is C16H22N4O3. The van der Waals surface area contributed by atoms with E-state index in [0.717, 1.165) is 31.1 Å². The molecule has 0 amide bonds. The van der Waals surface area contributed by atoms with Crippen molar-refractivity contribution in [2.45, 2.75) is 50.8 Å². The van der Waals surface area contributed by atoms with Crippen LogP contribution in [0.15, 0.2) is 23.1 Å². The van der Waals surface area contributed by atoms with E-state index >= 15 is 0 Å². The minimum atomic E-state index is -0.200. The van der Waals surface area contributed by atoms with Crippen molar-refractivity contribution < 1.29 is 10.2 Å². The third-order valence-electron chi connectivity index (χ3n) is 4.29. The van der Waals surface area contributed by atoms with Gasteiger partial charge in [0.25, 0.3) is 5.56 Å². The van der Waals surface area contributed by atoms with Crippen molar-refractivity contribution in [3.8, 4) is 0 Å². The molecule has 124 valence electrons. The molecule has 0 atom stereocenters. The number of aliphatic hydroxyl groups is 2. The second-order valence-corrected chi connectivity index (χ2v) is 6.02. The molecule has 3 rings (SSSR count). The van der Waals surface area contributed by atoms with Crippen LogP contribution in [-0.2, 0) is 6.54 Å². The number of nitrogens with one attached hydrogen (secondary N) is 1. The molecule has 1 saturated carbocycles. The number of nitrogens with zero attached hydrogens (tertiary/aromatic N) is 3. The third-order valence-corrected chi connectivity index (χ3v) is 4.29. The van der Waals surface area contributed by atoms with Gasteiger partial charge in [0, 0.05) is 36.8 Å². The van der Waals surface area contributed by atoms with Crippen LogP contribution in [0, 0.1) is 0 Å². The molecule has 0 saturated heterocycles. The van der Waals surface area contributed by atoms with Crippen LogP contribution in [0.3, 0.4) is 0 Å². The molecule has 7 heteroatoms. The monoisotopic (exact) mass is 318 g/mol. The fraction of sp³-hybridized carbons (Fsp3) is 0.562. The smallest absolute Gasteiger partial charge is 0.252 e. The highest BCUT2D eigenvalue weighted by Crippen LogP contribution is 2.21. The largest absolute Gasteiger partial charge is 0.396 e. The Balaban J connectivity index is 1.86. The molecule has 0 aliphatic heterocycles. The number of hydrogen-bond donors (Lipinski definition) is 3. The fourth-order valence-electron chi connectivity index (χ4n) is 2.99. The van der Waals surface area contributed by atoms with Crippen LogP contribution < -0.4 is 10.9 Å². The van der Waals surface area contributed by atoms with Gasteiger partial charge in [0.05, 0.1) is 6.10 Å². The van der Waals surface area contributed by atoms with Gasteiger partial charge in [-0.15, -0.1) is 0 Å². The van der Waals surface area contributed by atoms with Crippen molar-refractivity contribution in [3.05, 3.63) is 28.7 Å². The summed E-state index contributed by atoms with van der Waals surface area (Å²) in [4.78, 5) is 20.9. The van der Waals surface area contributed by atoms with Gasteiger partial charge in [-0.3, -0.25) is 9.36 Å². The summed E-state index contributed by atoms with van der Waals surface area (Å²) >= 11 is 0. The van der Waals surface area contributed by atoms with Gasteiger partial charge >= 0.3 is 0 Å². The van der Waals surface area contributed by atoms with Crippen molar-refractivity contribution in [1.29, 1.82) is 0 Å². The number of rotatable bonds is 5. The number of fused-ring (bicyclic) bond motifs is 1. The van der Waals surface area contributed by atoms with E-state index in [-0.39, 0.29) is 24.3 Å². The maximum absolute atomic E-state index is 12.0. The fourth-order valence-corrected chi connectivity index (χ4v) is 2.99. The van der Waals surface area contributed by atoms with Crippen LogP contribution >= 0.6 is 0 Å². The first-order chi connectivity index (χ1) is 11.2. The Morgan fingerprint density at radius 3 is 2.78 bits per heavy atom. The van der Waals surface area contributed by atoms with E-state index in [1.54, 1.807) is 16.8 Å². The highest BCUT2D eigenvalue weighted by molar-refractivity contribution is 5.75. The van der Waals surface area contributed by atoms with Crippen molar-refractivity contribution in [3.63, 3.8) is 0 Å². The van der Waals surface area contributed by atoms with Gasteiger partial charge in [0.1, 0.15) is 5.65 Å². The molecule has 23 heavy (non-hydrogen) atoms. The lowest BCUT2D eigenvalue weighted by atomic mass is 9.93. The van der Waals surface area contributed by atoms with Gasteiger partial charge in [-0.25, -0.2) is 4.98 Å². The Kier molecular flexibility index (Phi) is 4.88. The lowest BCUT2D eigenvalue weighted by molar-refractivity contribution is 0.126. The number of aromatic nitrogens is 3. The molecule has 0 radical (unpaired) electrons. The van der Waals surface area contributed by atoms with Crippen LogP contribution in [0.2, 0.25) is 0 Å². The summed E-state index contributed by atoms with van der Waals surface area (Å²) in [5.74, 6) is 0.502. The van der Waals surface area contributed by atoms with Gasteiger partial charge in [-0.05, 0) is 38.2 Å². The van der Waals surface area contributed by atoms with E-state index in [1.807, 2.05) is 0 Å². The van der Waals surface area contributed by atoms with Crippen molar-refractivity contribution in [2.75, 3.05) is 11.9 Å². The van der Waals surface area contributed by atoms with E-state index in [0.29, 0.717) is 24.6 Å². The molecule has 2 heterocycles. The summed E-state index contributed by atoms with van der Waals surface area (Å²) in [6.45, 7) is 0.460. The molecule has 2 aromatic heterocycles. The standard InChI is InChI=1S/C16H22N4O3/c21-9-1-8-20-14(23)7-2-11-10-17-16(19-15(11)20)18-12-3-5-13(22)6-4-12/h2,7,10,12-13,21-22H,1,3-6,8-9H2,(H,17,18,19)/t12-,13-. The molecule has 3 N–H and O–H groups in total. The normalized spacial score (nSPS) is 21.5. The first kappa shape index (κ1) is 15.9. The summed E-state index contributed by atoms with van der Waals surface area (Å²) in [6, 6.07) is 3.46. The van der Waals surface area contributed by atoms with Gasteiger partial charge in [-0.2, -0.15) is 4.98 Å². The average molecular weight is 318 g/mol. The van der Waals surface area contributed by atoms with Crippen molar-refractivity contribution >= 4 is 17.0 Å². The minimum Gasteiger partial charge on any atom is -0.396 e. The summed E-state index contributed by atoms with van der Waals surface area (Å²) in [5.41, 5.74) is 0.454. The molecule has 0 aromatic carbocycles. The second kappa shape index (κ2) is 7.06. The summed E-state index contributed by atoms with van der Waals surface area (Å²) in [7, 11) is 0. The zero-order chi connectivity index (χ0) is 16.2. The highest BCUT2D eigenvalue weighted by Gasteiger charge is 2.20. The molecule has 7 nitrogen and oxygen atoms in total. The van der Waals surface area contributed by atoms with E-state index < -0.39 is 0 Å². The maximum Gasteiger partial charge on any atom is 0.252 e. The Hall–Kier alpha value is -1.99. The predicted octanol–water partition coefficient (Wildman–Crippen LogP) is 0.889. The van der Waals surface area contributed by atoms with Gasteiger partial charge < -0.3 is 15.5 Å². The van der Waals surface area contributed by atoms with E-state index in [9.17, 15) is 9.90 Å². The summed E-state index contributed by atoms with van der Waals surface area (Å²) in [5, 5.41) is 22.7. The Labute approximate surface area is 134 Å². The predicted molar refractivity (Wildman–Crippen MR) is 87.4 cm³/mol. The zero-order valence-electron chi connectivity index (χ0n) is 13.0. The highest BCUT2D eigenvalue weighted by atomic mass is 16.3. The molecule has 0 bridgehead atoms. The average Bonchev–Trinajstić information content (AvgIpc) is 2.56. The first-order valence-corrected chi connectivity index (χ1v) is 8.09. The number of pyridine rings is 1. The zero-order valence-corrected chi connectivity index (χ0v) is 13.0. The van der Waals surface area contributed by atoms with Gasteiger partial charge in [-0.1, -0.05) is 0 Å². The molecule has 1 aliphatic carbocycles. The summed E-state index contributed by atoms with van der Waals surface area (Å²) < 4.78 is 1.57. The Morgan fingerprint density at radius 1 is 1.26 bits per heavy atom. The molecule has 0 unspecified atom stereocenters. The quantitative estimate of drug-likeness (QED) is 0.757. The van der Waals surface area contributed by atoms with E-state index in [1.165, 1.54) is 6.07 Å². The van der Waals surface area contributed by atoms with Gasteiger partial charge in [0.2, 0.25) is 5.95 Å². The Bertz CT molecular complexity index is 723. The van der Waals surface area contributed by atoms with E-state index in [4.69, 9.17) is 5.11 Å². The third kappa shape index (κ3) is 3.68. The van der Waals surface area contributed by atoms with Crippen LogP contribution in [0.1, 0.15) is 32.1 Å².